The summed E-state index contributed by atoms with van der Waals surface area (Å²) >= 11 is 6.23. The van der Waals surface area contributed by atoms with Crippen molar-refractivity contribution in [2.24, 2.45) is 0 Å². The predicted molar refractivity (Wildman–Crippen MR) is 118 cm³/mol. The van der Waals surface area contributed by atoms with Crippen molar-refractivity contribution < 1.29 is 18.3 Å². The summed E-state index contributed by atoms with van der Waals surface area (Å²) in [6.07, 6.45) is 0. The summed E-state index contributed by atoms with van der Waals surface area (Å²) < 4.78 is 33.8. The van der Waals surface area contributed by atoms with Gasteiger partial charge in [0.25, 0.3) is 5.56 Å². The van der Waals surface area contributed by atoms with Crippen molar-refractivity contribution in [2.75, 3.05) is 13.6 Å². The molecule has 2 heterocycles. The largest absolute Gasteiger partial charge is 0.471 e. The molecule has 0 saturated carbocycles. The van der Waals surface area contributed by atoms with E-state index in [-0.39, 0.29) is 35.5 Å². The van der Waals surface area contributed by atoms with Crippen LogP contribution in [0.3, 0.4) is 0 Å². The molecule has 1 aliphatic rings. The Morgan fingerprint density at radius 2 is 1.94 bits per heavy atom. The normalized spacial score (nSPS) is 12.7. The van der Waals surface area contributed by atoms with E-state index in [1.165, 1.54) is 10.6 Å². The predicted octanol–water partition coefficient (Wildman–Crippen LogP) is 3.11. The second kappa shape index (κ2) is 9.29. The maximum atomic E-state index is 13.9. The van der Waals surface area contributed by atoms with Gasteiger partial charge in [0.1, 0.15) is 24.1 Å². The maximum Gasteiger partial charge on any atom is 0.280 e. The molecule has 0 bridgehead atoms. The van der Waals surface area contributed by atoms with Gasteiger partial charge in [-0.1, -0.05) is 17.7 Å². The van der Waals surface area contributed by atoms with Crippen LogP contribution in [0.5, 0.6) is 5.88 Å². The summed E-state index contributed by atoms with van der Waals surface area (Å²) in [5, 5.41) is 2.60. The highest BCUT2D eigenvalue weighted by Crippen LogP contribution is 2.27. The first kappa shape index (κ1) is 22.9. The van der Waals surface area contributed by atoms with E-state index in [0.29, 0.717) is 24.6 Å². The minimum atomic E-state index is -0.767. The van der Waals surface area contributed by atoms with Gasteiger partial charge in [0.15, 0.2) is 5.02 Å². The second-order valence-electron chi connectivity index (χ2n) is 7.68. The van der Waals surface area contributed by atoms with Crippen molar-refractivity contribution in [1.29, 1.82) is 0 Å². The molecule has 10 heteroatoms. The number of nitrogens with zero attached hydrogens (tertiary/aromatic N) is 3. The van der Waals surface area contributed by atoms with Crippen LogP contribution in [0, 0.1) is 18.6 Å². The minimum absolute atomic E-state index is 0.00704. The van der Waals surface area contributed by atoms with E-state index < -0.39 is 17.2 Å². The Hall–Kier alpha value is -3.30. The number of aryl methyl sites for hydroxylation is 1. The molecular formula is C23H21ClF2N4O3. The summed E-state index contributed by atoms with van der Waals surface area (Å²) in [5.41, 5.74) is 2.07. The van der Waals surface area contributed by atoms with Crippen LogP contribution in [0.25, 0.3) is 5.69 Å². The van der Waals surface area contributed by atoms with Crippen LogP contribution in [0.4, 0.5) is 8.78 Å². The molecule has 0 radical (unpaired) electrons. The Labute approximate surface area is 193 Å². The summed E-state index contributed by atoms with van der Waals surface area (Å²) in [6.45, 7) is 2.57. The highest BCUT2D eigenvalue weighted by atomic mass is 35.5. The van der Waals surface area contributed by atoms with Crippen LogP contribution in [-0.4, -0.2) is 34.0 Å². The van der Waals surface area contributed by atoms with Gasteiger partial charge in [0.05, 0.1) is 12.2 Å². The fraction of sp³-hybridized carbons (Fsp3) is 0.261. The molecule has 1 aliphatic heterocycles. The average molecular weight is 475 g/mol. The molecule has 3 aromatic rings. The molecule has 1 amide bonds. The molecular weight excluding hydrogens is 454 g/mol. The minimum Gasteiger partial charge on any atom is -0.471 e. The fourth-order valence-electron chi connectivity index (χ4n) is 3.73. The highest BCUT2D eigenvalue weighted by molar-refractivity contribution is 6.31. The molecule has 0 saturated heterocycles. The third kappa shape index (κ3) is 4.60. The van der Waals surface area contributed by atoms with Crippen LogP contribution < -0.4 is 15.6 Å². The van der Waals surface area contributed by atoms with Crippen molar-refractivity contribution in [3.8, 4) is 11.6 Å². The van der Waals surface area contributed by atoms with Gasteiger partial charge in [-0.15, -0.1) is 0 Å². The number of ether oxygens (including phenoxy) is 1. The first-order valence-electron chi connectivity index (χ1n) is 10.2. The van der Waals surface area contributed by atoms with Gasteiger partial charge in [-0.05, 0) is 49.4 Å². The number of nitrogens with one attached hydrogen (secondary N) is 1. The van der Waals surface area contributed by atoms with E-state index >= 15 is 0 Å². The zero-order chi connectivity index (χ0) is 23.7. The van der Waals surface area contributed by atoms with Gasteiger partial charge in [-0.2, -0.15) is 4.98 Å². The first-order chi connectivity index (χ1) is 15.8. The van der Waals surface area contributed by atoms with Crippen LogP contribution in [0.2, 0.25) is 5.02 Å². The molecule has 33 heavy (non-hydrogen) atoms. The molecule has 0 fully saturated rings. The van der Waals surface area contributed by atoms with Crippen LogP contribution in [0.15, 0.2) is 41.2 Å². The fourth-order valence-corrected chi connectivity index (χ4v) is 3.91. The van der Waals surface area contributed by atoms with Gasteiger partial charge in [-0.25, -0.2) is 8.78 Å². The molecule has 0 spiro atoms. The van der Waals surface area contributed by atoms with E-state index in [2.05, 4.69) is 10.3 Å². The number of hydrogen-bond donors (Lipinski definition) is 1. The maximum absolute atomic E-state index is 13.9. The third-order valence-corrected chi connectivity index (χ3v) is 5.72. The van der Waals surface area contributed by atoms with E-state index in [1.54, 1.807) is 24.9 Å². The Morgan fingerprint density at radius 1 is 1.18 bits per heavy atom. The topological polar surface area (TPSA) is 76.5 Å². The van der Waals surface area contributed by atoms with E-state index in [1.807, 2.05) is 12.1 Å². The number of likely N-dealkylation sites (N-methyl/N-ethyl adjacent to an activating group) is 1. The number of fused-ring (bicyclic) bond motifs is 1. The standard InChI is InChI=1S/C23H21ClF2N4O3/c1-13-28-22(33-12-15-3-5-17(25)8-19(15)26)21(24)23(32)30(13)18-6-4-14-10-29(11-16(14)7-18)20(31)9-27-2/h3-8,27H,9-12H2,1-2H3. The zero-order valence-corrected chi connectivity index (χ0v) is 18.7. The number of benzene rings is 2. The van der Waals surface area contributed by atoms with Crippen LogP contribution in [0.1, 0.15) is 22.5 Å². The van der Waals surface area contributed by atoms with Crippen molar-refractivity contribution >= 4 is 17.5 Å². The molecule has 7 nitrogen and oxygen atoms in total. The Balaban J connectivity index is 1.59. The van der Waals surface area contributed by atoms with Crippen LogP contribution in [-0.2, 0) is 24.5 Å². The summed E-state index contributed by atoms with van der Waals surface area (Å²) in [7, 11) is 1.72. The van der Waals surface area contributed by atoms with E-state index in [0.717, 1.165) is 23.3 Å². The van der Waals surface area contributed by atoms with Gasteiger partial charge in [-0.3, -0.25) is 14.2 Å². The van der Waals surface area contributed by atoms with E-state index in [9.17, 15) is 18.4 Å². The number of carbonyl (C=O) groups is 1. The Kier molecular flexibility index (Phi) is 6.44. The van der Waals surface area contributed by atoms with E-state index in [4.69, 9.17) is 16.3 Å². The monoisotopic (exact) mass is 474 g/mol. The van der Waals surface area contributed by atoms with Gasteiger partial charge < -0.3 is 15.0 Å². The molecule has 0 unspecified atom stereocenters. The molecule has 172 valence electrons. The molecule has 1 N–H and O–H groups in total. The quantitative estimate of drug-likeness (QED) is 0.594. The van der Waals surface area contributed by atoms with Crippen molar-refractivity contribution in [2.45, 2.75) is 26.6 Å². The van der Waals surface area contributed by atoms with Crippen LogP contribution >= 0.6 is 11.6 Å². The number of rotatable bonds is 6. The number of carbonyl (C=O) groups excluding carboxylic acids is 1. The lowest BCUT2D eigenvalue weighted by molar-refractivity contribution is -0.130. The summed E-state index contributed by atoms with van der Waals surface area (Å²) in [4.78, 5) is 31.2. The molecule has 0 aliphatic carbocycles. The molecule has 1 aromatic heterocycles. The number of hydrogen-bond acceptors (Lipinski definition) is 5. The second-order valence-corrected chi connectivity index (χ2v) is 8.05. The molecule has 2 aromatic carbocycles. The first-order valence-corrected chi connectivity index (χ1v) is 10.6. The Bertz CT molecular complexity index is 1300. The SMILES string of the molecule is CNCC(=O)N1Cc2ccc(-n3c(C)nc(OCc4ccc(F)cc4F)c(Cl)c3=O)cc2C1. The van der Waals surface area contributed by atoms with Crippen molar-refractivity contribution in [3.05, 3.63) is 85.9 Å². The number of aromatic nitrogens is 2. The Morgan fingerprint density at radius 3 is 2.67 bits per heavy atom. The van der Waals surface area contributed by atoms with Crippen molar-refractivity contribution in [1.82, 2.24) is 19.8 Å². The zero-order valence-electron chi connectivity index (χ0n) is 18.0. The van der Waals surface area contributed by atoms with Gasteiger partial charge in [0, 0.05) is 24.7 Å². The van der Waals surface area contributed by atoms with Crippen molar-refractivity contribution in [3.63, 3.8) is 0 Å². The lowest BCUT2D eigenvalue weighted by Crippen LogP contribution is -2.33. The summed E-state index contributed by atoms with van der Waals surface area (Å²) in [5.74, 6) is -1.29. The third-order valence-electron chi connectivity index (χ3n) is 5.40. The molecule has 4 rings (SSSR count). The molecule has 0 atom stereocenters. The average Bonchev–Trinajstić information content (AvgIpc) is 3.20. The number of amides is 1. The highest BCUT2D eigenvalue weighted by Gasteiger charge is 2.24. The lowest BCUT2D eigenvalue weighted by atomic mass is 10.1. The summed E-state index contributed by atoms with van der Waals surface area (Å²) in [6, 6.07) is 8.59. The van der Waals surface area contributed by atoms with Gasteiger partial charge >= 0.3 is 0 Å². The smallest absolute Gasteiger partial charge is 0.280 e. The number of halogens is 3. The van der Waals surface area contributed by atoms with Gasteiger partial charge in [0.2, 0.25) is 11.8 Å². The lowest BCUT2D eigenvalue weighted by Gasteiger charge is -2.15.